The molecule has 0 unspecified atom stereocenters. The molecule has 0 aliphatic heterocycles. The first-order valence-electron chi connectivity index (χ1n) is 6.30. The molecule has 0 heterocycles. The molecule has 0 aromatic heterocycles. The van der Waals surface area contributed by atoms with Crippen molar-refractivity contribution in [3.05, 3.63) is 35.4 Å². The van der Waals surface area contributed by atoms with E-state index in [0.29, 0.717) is 6.54 Å². The van der Waals surface area contributed by atoms with Gasteiger partial charge in [-0.3, -0.25) is 4.90 Å². The third-order valence-corrected chi connectivity index (χ3v) is 2.98. The lowest BCUT2D eigenvalue weighted by Gasteiger charge is -2.21. The summed E-state index contributed by atoms with van der Waals surface area (Å²) in [4.78, 5) is 2.39. The van der Waals surface area contributed by atoms with Crippen molar-refractivity contribution in [1.82, 2.24) is 4.90 Å². The predicted molar refractivity (Wildman–Crippen MR) is 72.0 cm³/mol. The third kappa shape index (κ3) is 4.86. The van der Waals surface area contributed by atoms with Gasteiger partial charge in [-0.15, -0.1) is 0 Å². The molecule has 0 spiro atoms. The Labute approximate surface area is 105 Å². The van der Waals surface area contributed by atoms with Crippen LogP contribution in [-0.2, 0) is 17.7 Å². The van der Waals surface area contributed by atoms with Gasteiger partial charge in [-0.2, -0.15) is 0 Å². The fourth-order valence-corrected chi connectivity index (χ4v) is 1.92. The Balaban J connectivity index is 2.64. The highest BCUT2D eigenvalue weighted by Gasteiger charge is 2.06. The van der Waals surface area contributed by atoms with Gasteiger partial charge in [0.1, 0.15) is 0 Å². The van der Waals surface area contributed by atoms with Crippen LogP contribution in [0.25, 0.3) is 0 Å². The monoisotopic (exact) mass is 236 g/mol. The van der Waals surface area contributed by atoms with Gasteiger partial charge in [0.25, 0.3) is 0 Å². The van der Waals surface area contributed by atoms with Crippen LogP contribution in [0.3, 0.4) is 0 Å². The summed E-state index contributed by atoms with van der Waals surface area (Å²) in [5.74, 6) is 0. The molecule has 0 amide bonds. The van der Waals surface area contributed by atoms with E-state index in [-0.39, 0.29) is 0 Å². The zero-order chi connectivity index (χ0) is 12.5. The van der Waals surface area contributed by atoms with Crippen molar-refractivity contribution in [2.45, 2.75) is 19.9 Å². The molecule has 0 saturated carbocycles. The number of ether oxygens (including phenoxy) is 1. The summed E-state index contributed by atoms with van der Waals surface area (Å²) in [6, 6.07) is 8.55. The number of methoxy groups -OCH3 is 1. The Bertz CT molecular complexity index is 315. The maximum atomic E-state index is 5.64. The van der Waals surface area contributed by atoms with Gasteiger partial charge in [0.05, 0.1) is 6.61 Å². The average Bonchev–Trinajstić information content (AvgIpc) is 2.36. The highest BCUT2D eigenvalue weighted by Crippen LogP contribution is 2.12. The third-order valence-electron chi connectivity index (χ3n) is 2.98. The van der Waals surface area contributed by atoms with Crippen LogP contribution < -0.4 is 5.73 Å². The fourth-order valence-electron chi connectivity index (χ4n) is 1.92. The van der Waals surface area contributed by atoms with Crippen molar-refractivity contribution in [3.63, 3.8) is 0 Å². The highest BCUT2D eigenvalue weighted by atomic mass is 16.5. The van der Waals surface area contributed by atoms with E-state index in [2.05, 4.69) is 36.1 Å². The van der Waals surface area contributed by atoms with Gasteiger partial charge in [-0.25, -0.2) is 0 Å². The van der Waals surface area contributed by atoms with Crippen molar-refractivity contribution < 1.29 is 4.74 Å². The minimum Gasteiger partial charge on any atom is -0.383 e. The average molecular weight is 236 g/mol. The van der Waals surface area contributed by atoms with Crippen LogP contribution >= 0.6 is 0 Å². The van der Waals surface area contributed by atoms with E-state index >= 15 is 0 Å². The van der Waals surface area contributed by atoms with Crippen LogP contribution in [0.4, 0.5) is 0 Å². The van der Waals surface area contributed by atoms with Gasteiger partial charge in [-0.1, -0.05) is 31.2 Å². The predicted octanol–water partition coefficient (Wildman–Crippen LogP) is 1.66. The minimum atomic E-state index is 0.710. The molecule has 1 aromatic rings. The Morgan fingerprint density at radius 3 is 2.53 bits per heavy atom. The zero-order valence-corrected chi connectivity index (χ0v) is 11.0. The largest absolute Gasteiger partial charge is 0.383 e. The number of likely N-dealkylation sites (N-methyl/N-ethyl adjacent to an activating group) is 1. The Morgan fingerprint density at radius 1 is 1.24 bits per heavy atom. The molecular weight excluding hydrogens is 212 g/mol. The van der Waals surface area contributed by atoms with E-state index in [1.54, 1.807) is 7.11 Å². The van der Waals surface area contributed by atoms with Crippen LogP contribution in [-0.4, -0.2) is 38.3 Å². The second-order valence-electron chi connectivity index (χ2n) is 4.17. The Kier molecular flexibility index (Phi) is 6.86. The number of rotatable bonds is 8. The van der Waals surface area contributed by atoms with Crippen LogP contribution in [0.1, 0.15) is 18.1 Å². The van der Waals surface area contributed by atoms with E-state index in [0.717, 1.165) is 32.7 Å². The molecule has 0 bridgehead atoms. The van der Waals surface area contributed by atoms with Gasteiger partial charge in [0, 0.05) is 20.2 Å². The van der Waals surface area contributed by atoms with Crippen molar-refractivity contribution >= 4 is 0 Å². The van der Waals surface area contributed by atoms with Crippen LogP contribution in [0, 0.1) is 0 Å². The van der Waals surface area contributed by atoms with E-state index in [1.807, 2.05) is 0 Å². The summed E-state index contributed by atoms with van der Waals surface area (Å²) in [6.07, 6.45) is 0.956. The van der Waals surface area contributed by atoms with E-state index in [1.165, 1.54) is 11.1 Å². The molecule has 17 heavy (non-hydrogen) atoms. The van der Waals surface area contributed by atoms with Crippen molar-refractivity contribution in [2.75, 3.05) is 33.4 Å². The standard InChI is InChI=1S/C14H24N2O/c1-3-16(10-11-17-2)12-14-7-5-4-6-13(14)8-9-15/h4-7H,3,8-12,15H2,1-2H3. The summed E-state index contributed by atoms with van der Waals surface area (Å²) in [6.45, 7) is 6.68. The first kappa shape index (κ1) is 14.2. The first-order valence-corrected chi connectivity index (χ1v) is 6.30. The first-order chi connectivity index (χ1) is 8.31. The van der Waals surface area contributed by atoms with Gasteiger partial charge in [0.2, 0.25) is 0 Å². The number of benzene rings is 1. The number of nitrogens with two attached hydrogens (primary N) is 1. The van der Waals surface area contributed by atoms with E-state index < -0.39 is 0 Å². The maximum Gasteiger partial charge on any atom is 0.0589 e. The second kappa shape index (κ2) is 8.23. The summed E-state index contributed by atoms with van der Waals surface area (Å²) in [7, 11) is 1.75. The smallest absolute Gasteiger partial charge is 0.0589 e. The molecule has 0 fully saturated rings. The summed E-state index contributed by atoms with van der Waals surface area (Å²) in [5.41, 5.74) is 8.39. The number of hydrogen-bond donors (Lipinski definition) is 1. The molecule has 1 rings (SSSR count). The number of nitrogens with zero attached hydrogens (tertiary/aromatic N) is 1. The lowest BCUT2D eigenvalue weighted by molar-refractivity contribution is 0.147. The van der Waals surface area contributed by atoms with E-state index in [4.69, 9.17) is 10.5 Å². The lowest BCUT2D eigenvalue weighted by atomic mass is 10.0. The van der Waals surface area contributed by atoms with Crippen molar-refractivity contribution in [2.24, 2.45) is 5.73 Å². The molecule has 2 N–H and O–H groups in total. The molecule has 0 atom stereocenters. The van der Waals surface area contributed by atoms with Crippen LogP contribution in [0.15, 0.2) is 24.3 Å². The van der Waals surface area contributed by atoms with Crippen molar-refractivity contribution in [1.29, 1.82) is 0 Å². The maximum absolute atomic E-state index is 5.64. The highest BCUT2D eigenvalue weighted by molar-refractivity contribution is 5.27. The molecule has 96 valence electrons. The zero-order valence-electron chi connectivity index (χ0n) is 11.0. The quantitative estimate of drug-likeness (QED) is 0.746. The normalized spacial score (nSPS) is 11.1. The minimum absolute atomic E-state index is 0.710. The number of hydrogen-bond acceptors (Lipinski definition) is 3. The summed E-state index contributed by atoms with van der Waals surface area (Å²) < 4.78 is 5.13. The molecule has 1 aromatic carbocycles. The van der Waals surface area contributed by atoms with Gasteiger partial charge in [-0.05, 0) is 30.6 Å². The molecular formula is C14H24N2O. The van der Waals surface area contributed by atoms with Gasteiger partial charge >= 0.3 is 0 Å². The lowest BCUT2D eigenvalue weighted by Crippen LogP contribution is -2.27. The molecule has 0 aliphatic carbocycles. The Hall–Kier alpha value is -0.900. The second-order valence-corrected chi connectivity index (χ2v) is 4.17. The Morgan fingerprint density at radius 2 is 1.94 bits per heavy atom. The summed E-state index contributed by atoms with van der Waals surface area (Å²) >= 11 is 0. The fraction of sp³-hybridized carbons (Fsp3) is 0.571. The van der Waals surface area contributed by atoms with Crippen LogP contribution in [0.5, 0.6) is 0 Å². The topological polar surface area (TPSA) is 38.5 Å². The van der Waals surface area contributed by atoms with Crippen molar-refractivity contribution in [3.8, 4) is 0 Å². The molecule has 3 nitrogen and oxygen atoms in total. The van der Waals surface area contributed by atoms with E-state index in [9.17, 15) is 0 Å². The SMILES string of the molecule is CCN(CCOC)Cc1ccccc1CCN. The molecule has 0 saturated heterocycles. The molecule has 0 aliphatic rings. The molecule has 0 radical (unpaired) electrons. The van der Waals surface area contributed by atoms with Crippen LogP contribution in [0.2, 0.25) is 0 Å². The summed E-state index contributed by atoms with van der Waals surface area (Å²) in [5, 5.41) is 0. The van der Waals surface area contributed by atoms with Gasteiger partial charge in [0.15, 0.2) is 0 Å². The van der Waals surface area contributed by atoms with Gasteiger partial charge < -0.3 is 10.5 Å². The molecule has 3 heteroatoms.